The van der Waals surface area contributed by atoms with Crippen molar-refractivity contribution >= 4 is 16.0 Å². The number of aliphatic carboxylic acids is 1. The summed E-state index contributed by atoms with van der Waals surface area (Å²) < 4.78 is 25.7. The Morgan fingerprint density at radius 2 is 1.89 bits per heavy atom. The van der Waals surface area contributed by atoms with E-state index in [1.807, 2.05) is 0 Å². The second-order valence-corrected chi connectivity index (χ2v) is 6.15. The van der Waals surface area contributed by atoms with Gasteiger partial charge in [0.05, 0.1) is 16.9 Å². The molecule has 98 valence electrons. The molecule has 1 atom stereocenters. The summed E-state index contributed by atoms with van der Waals surface area (Å²) in [5, 5.41) is 11.0. The summed E-state index contributed by atoms with van der Waals surface area (Å²) in [6.07, 6.45) is 1.70. The summed E-state index contributed by atoms with van der Waals surface area (Å²) in [5.41, 5.74) is 0. The molecule has 6 heteroatoms. The summed E-state index contributed by atoms with van der Waals surface area (Å²) in [7, 11) is -3.74. The van der Waals surface area contributed by atoms with Gasteiger partial charge in [0.25, 0.3) is 0 Å². The van der Waals surface area contributed by atoms with Crippen LogP contribution in [0.3, 0.4) is 0 Å². The number of benzene rings is 1. The quantitative estimate of drug-likeness (QED) is 0.772. The molecule has 0 amide bonds. The maximum atomic E-state index is 12.3. The highest BCUT2D eigenvalue weighted by molar-refractivity contribution is 7.89. The fraction of sp³-hybridized carbons (Fsp3) is 0.417. The fourth-order valence-corrected chi connectivity index (χ4v) is 3.82. The Hall–Kier alpha value is -1.40. The molecule has 0 spiro atoms. The number of piperidine rings is 1. The van der Waals surface area contributed by atoms with Gasteiger partial charge in [-0.1, -0.05) is 24.6 Å². The zero-order valence-electron chi connectivity index (χ0n) is 9.78. The predicted molar refractivity (Wildman–Crippen MR) is 63.0 cm³/mol. The summed E-state index contributed by atoms with van der Waals surface area (Å²) in [5.74, 6) is -1.32. The molecular weight excluding hydrogens is 254 g/mol. The molecule has 1 aromatic carbocycles. The Labute approximate surface area is 106 Å². The van der Waals surface area contributed by atoms with Crippen LogP contribution in [0.1, 0.15) is 19.3 Å². The third kappa shape index (κ3) is 2.39. The van der Waals surface area contributed by atoms with Crippen LogP contribution in [0.4, 0.5) is 0 Å². The topological polar surface area (TPSA) is 77.5 Å². The zero-order valence-corrected chi connectivity index (χ0v) is 10.6. The van der Waals surface area contributed by atoms with Crippen LogP contribution in [-0.2, 0) is 14.8 Å². The van der Waals surface area contributed by atoms with Gasteiger partial charge in [-0.15, -0.1) is 0 Å². The molecule has 1 aromatic rings. The minimum absolute atomic E-state index is 0.123. The van der Waals surface area contributed by atoms with E-state index < -0.39 is 22.0 Å². The lowest BCUT2D eigenvalue weighted by molar-refractivity contribution is -0.311. The Morgan fingerprint density at radius 3 is 2.50 bits per heavy atom. The van der Waals surface area contributed by atoms with Crippen LogP contribution in [0.5, 0.6) is 0 Å². The molecule has 0 saturated carbocycles. The van der Waals surface area contributed by atoms with Crippen molar-refractivity contribution in [1.29, 1.82) is 0 Å². The smallest absolute Gasteiger partial charge is 0.243 e. The third-order valence-electron chi connectivity index (χ3n) is 3.08. The predicted octanol–water partition coefficient (Wildman–Crippen LogP) is -0.0203. The van der Waals surface area contributed by atoms with E-state index in [1.165, 1.54) is 12.1 Å². The van der Waals surface area contributed by atoms with Crippen molar-refractivity contribution in [2.45, 2.75) is 30.2 Å². The number of hydrogen-bond donors (Lipinski definition) is 0. The molecule has 0 aliphatic carbocycles. The summed E-state index contributed by atoms with van der Waals surface area (Å²) >= 11 is 0. The van der Waals surface area contributed by atoms with Gasteiger partial charge in [0.15, 0.2) is 0 Å². The number of carboxylic acids is 1. The largest absolute Gasteiger partial charge is 0.548 e. The van der Waals surface area contributed by atoms with Crippen LogP contribution in [-0.4, -0.2) is 31.3 Å². The van der Waals surface area contributed by atoms with Gasteiger partial charge in [-0.05, 0) is 25.0 Å². The van der Waals surface area contributed by atoms with Gasteiger partial charge >= 0.3 is 0 Å². The SMILES string of the molecule is O=C([O-])C1CCCCN1S(=O)(=O)c1ccccc1. The lowest BCUT2D eigenvalue weighted by Crippen LogP contribution is -2.52. The van der Waals surface area contributed by atoms with E-state index in [9.17, 15) is 18.3 Å². The number of hydrogen-bond acceptors (Lipinski definition) is 4. The third-order valence-corrected chi connectivity index (χ3v) is 5.00. The Kier molecular flexibility index (Phi) is 3.68. The van der Waals surface area contributed by atoms with E-state index in [-0.39, 0.29) is 11.4 Å². The molecule has 2 rings (SSSR count). The van der Waals surface area contributed by atoms with Gasteiger partial charge in [-0.3, -0.25) is 0 Å². The molecule has 5 nitrogen and oxygen atoms in total. The summed E-state index contributed by atoms with van der Waals surface area (Å²) in [6.45, 7) is 0.232. The monoisotopic (exact) mass is 268 g/mol. The molecule has 1 fully saturated rings. The van der Waals surface area contributed by atoms with Crippen molar-refractivity contribution in [2.75, 3.05) is 6.54 Å². The van der Waals surface area contributed by atoms with Crippen molar-refractivity contribution < 1.29 is 18.3 Å². The average molecular weight is 268 g/mol. The van der Waals surface area contributed by atoms with Crippen molar-refractivity contribution in [3.63, 3.8) is 0 Å². The molecule has 0 N–H and O–H groups in total. The van der Waals surface area contributed by atoms with Crippen LogP contribution in [0.2, 0.25) is 0 Å². The molecule has 1 aliphatic heterocycles. The van der Waals surface area contributed by atoms with E-state index in [0.717, 1.165) is 4.31 Å². The lowest BCUT2D eigenvalue weighted by atomic mass is 10.1. The van der Waals surface area contributed by atoms with E-state index in [1.54, 1.807) is 18.2 Å². The molecule has 1 aliphatic rings. The first-order valence-corrected chi connectivity index (χ1v) is 7.25. The zero-order chi connectivity index (χ0) is 13.2. The van der Waals surface area contributed by atoms with Gasteiger partial charge in [-0.2, -0.15) is 4.31 Å². The molecule has 1 saturated heterocycles. The van der Waals surface area contributed by atoms with Gasteiger partial charge < -0.3 is 9.90 Å². The number of carboxylic acid groups (broad SMARTS) is 1. The van der Waals surface area contributed by atoms with Gasteiger partial charge in [0, 0.05) is 6.54 Å². The number of carbonyl (C=O) groups is 1. The Bertz CT molecular complexity index is 526. The van der Waals surface area contributed by atoms with Gasteiger partial charge in [0.1, 0.15) is 0 Å². The molecule has 18 heavy (non-hydrogen) atoms. The van der Waals surface area contributed by atoms with Crippen LogP contribution >= 0.6 is 0 Å². The van der Waals surface area contributed by atoms with Crippen LogP contribution in [0.15, 0.2) is 35.2 Å². The lowest BCUT2D eigenvalue weighted by Gasteiger charge is -2.35. The Balaban J connectivity index is 2.36. The van der Waals surface area contributed by atoms with Crippen LogP contribution in [0.25, 0.3) is 0 Å². The highest BCUT2D eigenvalue weighted by Gasteiger charge is 2.33. The van der Waals surface area contributed by atoms with E-state index in [4.69, 9.17) is 0 Å². The number of sulfonamides is 1. The van der Waals surface area contributed by atoms with E-state index in [2.05, 4.69) is 0 Å². The normalized spacial score (nSPS) is 21.7. The van der Waals surface area contributed by atoms with E-state index in [0.29, 0.717) is 19.3 Å². The number of carbonyl (C=O) groups excluding carboxylic acids is 1. The molecule has 0 bridgehead atoms. The molecule has 1 unspecified atom stereocenters. The maximum absolute atomic E-state index is 12.3. The maximum Gasteiger partial charge on any atom is 0.243 e. The molecule has 0 aromatic heterocycles. The van der Waals surface area contributed by atoms with Crippen LogP contribution < -0.4 is 5.11 Å². The van der Waals surface area contributed by atoms with Gasteiger partial charge in [0.2, 0.25) is 10.0 Å². The van der Waals surface area contributed by atoms with Gasteiger partial charge in [-0.25, -0.2) is 8.42 Å². The number of nitrogens with zero attached hydrogens (tertiary/aromatic N) is 1. The molecule has 0 radical (unpaired) electrons. The highest BCUT2D eigenvalue weighted by Crippen LogP contribution is 2.24. The second kappa shape index (κ2) is 5.07. The standard InChI is InChI=1S/C12H15NO4S/c14-12(15)11-8-4-5-9-13(11)18(16,17)10-6-2-1-3-7-10/h1-3,6-7,11H,4-5,8-9H2,(H,14,15)/p-1. The van der Waals surface area contributed by atoms with Crippen molar-refractivity contribution in [2.24, 2.45) is 0 Å². The average Bonchev–Trinajstić information content (AvgIpc) is 2.39. The second-order valence-electron chi connectivity index (χ2n) is 4.26. The number of rotatable bonds is 3. The fourth-order valence-electron chi connectivity index (χ4n) is 2.16. The highest BCUT2D eigenvalue weighted by atomic mass is 32.2. The summed E-state index contributed by atoms with van der Waals surface area (Å²) in [4.78, 5) is 11.1. The van der Waals surface area contributed by atoms with Crippen molar-refractivity contribution in [1.82, 2.24) is 4.31 Å². The van der Waals surface area contributed by atoms with Crippen molar-refractivity contribution in [3.8, 4) is 0 Å². The first-order valence-electron chi connectivity index (χ1n) is 5.81. The molecular formula is C12H14NO4S-. The first-order chi connectivity index (χ1) is 8.53. The Morgan fingerprint density at radius 1 is 1.22 bits per heavy atom. The minimum Gasteiger partial charge on any atom is -0.548 e. The van der Waals surface area contributed by atoms with E-state index >= 15 is 0 Å². The van der Waals surface area contributed by atoms with Crippen LogP contribution in [0, 0.1) is 0 Å². The van der Waals surface area contributed by atoms with Crippen molar-refractivity contribution in [3.05, 3.63) is 30.3 Å². The minimum atomic E-state index is -3.74. The first kappa shape index (κ1) is 13.0. The molecule has 1 heterocycles. The summed E-state index contributed by atoms with van der Waals surface area (Å²) in [6, 6.07) is 6.83.